The molecule has 0 fully saturated rings. The first-order valence-electron chi connectivity index (χ1n) is 11.9. The lowest BCUT2D eigenvalue weighted by Crippen LogP contribution is -2.31. The molecule has 0 aromatic carbocycles. The van der Waals surface area contributed by atoms with Gasteiger partial charge in [-0.1, -0.05) is 34.2 Å². The molecule has 0 rings (SSSR count). The predicted molar refractivity (Wildman–Crippen MR) is 146 cm³/mol. The fourth-order valence-electron chi connectivity index (χ4n) is 2.51. The molecule has 1 atom stereocenters. The van der Waals surface area contributed by atoms with Crippen molar-refractivity contribution >= 4 is 27.5 Å². The van der Waals surface area contributed by atoms with E-state index >= 15 is 0 Å². The number of nitrogens with one attached hydrogen (secondary N) is 1. The second-order valence-corrected chi connectivity index (χ2v) is 10.2. The number of ether oxygens (including phenoxy) is 6. The molecule has 10 nitrogen and oxygen atoms in total. The molecule has 0 spiro atoms. The molecular weight excluding hydrogens is 508 g/mol. The van der Waals surface area contributed by atoms with E-state index in [0.29, 0.717) is 70.7 Å². The second kappa shape index (κ2) is 24.3. The minimum absolute atomic E-state index is 0.246. The van der Waals surface area contributed by atoms with Crippen LogP contribution in [0.4, 0.5) is 0 Å². The number of amides is 1. The van der Waals surface area contributed by atoms with Gasteiger partial charge in [-0.15, -0.1) is 0 Å². The lowest BCUT2D eigenvalue weighted by atomic mass is 10.2. The number of carbonyl (C=O) groups excluding carboxylic acids is 1. The zero-order chi connectivity index (χ0) is 26.9. The highest BCUT2D eigenvalue weighted by Gasteiger charge is 2.27. The van der Waals surface area contributed by atoms with Crippen LogP contribution in [-0.2, 0) is 33.2 Å². The Morgan fingerprint density at radius 3 is 2.28 bits per heavy atom. The van der Waals surface area contributed by atoms with Crippen molar-refractivity contribution in [3.8, 4) is 0 Å². The van der Waals surface area contributed by atoms with Gasteiger partial charge in [-0.25, -0.2) is 0 Å². The summed E-state index contributed by atoms with van der Waals surface area (Å²) >= 11 is 0. The molecule has 1 amide bonds. The SMILES string of the molecule is C=C/C(=C\C(=C/C)OCC(C)(OCCOCO)SSC)C(=O)NCCOCCOCCOCCCN. The van der Waals surface area contributed by atoms with Gasteiger partial charge < -0.3 is 44.6 Å². The van der Waals surface area contributed by atoms with Crippen LogP contribution in [0, 0.1) is 0 Å². The minimum atomic E-state index is -0.643. The number of rotatable bonds is 25. The maximum Gasteiger partial charge on any atom is 0.251 e. The van der Waals surface area contributed by atoms with E-state index in [-0.39, 0.29) is 25.9 Å². The number of aliphatic hydroxyl groups excluding tert-OH is 1. The molecule has 0 radical (unpaired) electrons. The van der Waals surface area contributed by atoms with Crippen molar-refractivity contribution in [1.82, 2.24) is 5.32 Å². The number of nitrogens with two attached hydrogens (primary N) is 1. The van der Waals surface area contributed by atoms with Crippen LogP contribution >= 0.6 is 21.6 Å². The summed E-state index contributed by atoms with van der Waals surface area (Å²) in [6, 6.07) is 0. The fraction of sp³-hybridized carbons (Fsp3) is 0.708. The van der Waals surface area contributed by atoms with Crippen LogP contribution in [0.5, 0.6) is 0 Å². The Bertz CT molecular complexity index is 637. The molecule has 0 bridgehead atoms. The van der Waals surface area contributed by atoms with Gasteiger partial charge >= 0.3 is 0 Å². The first-order valence-corrected chi connectivity index (χ1v) is 14.4. The summed E-state index contributed by atoms with van der Waals surface area (Å²) < 4.78 is 32.9. The van der Waals surface area contributed by atoms with Gasteiger partial charge in [0, 0.05) is 18.7 Å². The van der Waals surface area contributed by atoms with Crippen LogP contribution in [0.1, 0.15) is 20.3 Å². The highest BCUT2D eigenvalue weighted by atomic mass is 33.1. The van der Waals surface area contributed by atoms with E-state index in [4.69, 9.17) is 39.3 Å². The maximum absolute atomic E-state index is 12.5. The van der Waals surface area contributed by atoms with E-state index in [1.165, 1.54) is 16.9 Å². The molecule has 4 N–H and O–H groups in total. The molecule has 0 aliphatic rings. The van der Waals surface area contributed by atoms with Crippen molar-refractivity contribution < 1.29 is 38.3 Å². The predicted octanol–water partition coefficient (Wildman–Crippen LogP) is 2.24. The minimum Gasteiger partial charge on any atom is -0.490 e. The lowest BCUT2D eigenvalue weighted by molar-refractivity contribution is -0.117. The molecule has 12 heteroatoms. The molecule has 0 aromatic heterocycles. The quantitative estimate of drug-likeness (QED) is 0.0385. The van der Waals surface area contributed by atoms with Crippen molar-refractivity contribution in [2.24, 2.45) is 5.73 Å². The summed E-state index contributed by atoms with van der Waals surface area (Å²) in [5.41, 5.74) is 5.76. The first kappa shape index (κ1) is 34.9. The first-order chi connectivity index (χ1) is 17.5. The Hall–Kier alpha value is -1.09. The van der Waals surface area contributed by atoms with E-state index in [9.17, 15) is 4.79 Å². The van der Waals surface area contributed by atoms with Gasteiger partial charge in [-0.3, -0.25) is 4.79 Å². The molecular formula is C24H44N2O8S2. The van der Waals surface area contributed by atoms with Gasteiger partial charge in [0.05, 0.1) is 46.2 Å². The average Bonchev–Trinajstić information content (AvgIpc) is 2.87. The molecule has 0 saturated carbocycles. The topological polar surface area (TPSA) is 131 Å². The van der Waals surface area contributed by atoms with Crippen molar-refractivity contribution in [1.29, 1.82) is 0 Å². The summed E-state index contributed by atoms with van der Waals surface area (Å²) in [4.78, 5) is 11.9. The summed E-state index contributed by atoms with van der Waals surface area (Å²) in [7, 11) is 3.07. The third-order valence-electron chi connectivity index (χ3n) is 4.32. The third kappa shape index (κ3) is 19.1. The van der Waals surface area contributed by atoms with Crippen LogP contribution in [0.15, 0.2) is 36.1 Å². The van der Waals surface area contributed by atoms with Gasteiger partial charge in [-0.05, 0) is 45.2 Å². The van der Waals surface area contributed by atoms with Gasteiger partial charge in [-0.2, -0.15) is 0 Å². The lowest BCUT2D eigenvalue weighted by Gasteiger charge is -2.28. The van der Waals surface area contributed by atoms with Gasteiger partial charge in [0.25, 0.3) is 5.91 Å². The van der Waals surface area contributed by atoms with Crippen LogP contribution in [0.3, 0.4) is 0 Å². The van der Waals surface area contributed by atoms with Crippen LogP contribution < -0.4 is 11.1 Å². The van der Waals surface area contributed by atoms with E-state index in [2.05, 4.69) is 11.9 Å². The highest BCUT2D eigenvalue weighted by Crippen LogP contribution is 2.36. The average molecular weight is 553 g/mol. The van der Waals surface area contributed by atoms with E-state index in [1.54, 1.807) is 22.9 Å². The second-order valence-electron chi connectivity index (χ2n) is 7.29. The van der Waals surface area contributed by atoms with E-state index < -0.39 is 4.93 Å². The fourth-order valence-corrected chi connectivity index (χ4v) is 4.44. The Morgan fingerprint density at radius 2 is 1.69 bits per heavy atom. The number of carbonyl (C=O) groups is 1. The van der Waals surface area contributed by atoms with Crippen LogP contribution in [-0.4, -0.2) is 102 Å². The highest BCUT2D eigenvalue weighted by molar-refractivity contribution is 8.76. The van der Waals surface area contributed by atoms with Crippen LogP contribution in [0.25, 0.3) is 0 Å². The number of hydrogen-bond donors (Lipinski definition) is 3. The Kier molecular flexibility index (Phi) is 23.5. The molecule has 0 aromatic rings. The molecule has 0 aliphatic carbocycles. The largest absolute Gasteiger partial charge is 0.490 e. The third-order valence-corrected chi connectivity index (χ3v) is 6.63. The Balaban J connectivity index is 4.36. The molecule has 1 unspecified atom stereocenters. The summed E-state index contributed by atoms with van der Waals surface area (Å²) in [6.07, 6.45) is 7.67. The van der Waals surface area contributed by atoms with Gasteiger partial charge in [0.2, 0.25) is 0 Å². The molecule has 36 heavy (non-hydrogen) atoms. The standard InChI is InChI=1S/C24H44N2O8S2/c1-5-21(23(28)26-9-11-30-13-15-31-14-12-29-10-7-8-25)18-22(6-2)33-19-24(3,36-35-4)34-17-16-32-20-27/h5-6,18,27H,1,7-17,19-20,25H2,2-4H3,(H,26,28)/b21-18+,22-6+. The zero-order valence-corrected chi connectivity index (χ0v) is 23.5. The van der Waals surface area contributed by atoms with E-state index in [1.807, 2.05) is 20.1 Å². The number of aliphatic hydroxyl groups is 1. The smallest absolute Gasteiger partial charge is 0.251 e. The number of hydrogen-bond acceptors (Lipinski definition) is 11. The molecule has 0 saturated heterocycles. The summed E-state index contributed by atoms with van der Waals surface area (Å²) in [5, 5.41) is 11.5. The van der Waals surface area contributed by atoms with Crippen molar-refractivity contribution in [3.63, 3.8) is 0 Å². The molecule has 0 aliphatic heterocycles. The Labute approximate surface area is 223 Å². The van der Waals surface area contributed by atoms with Crippen molar-refractivity contribution in [2.75, 3.05) is 85.6 Å². The number of allylic oxidation sites excluding steroid dienone is 2. The monoisotopic (exact) mass is 552 g/mol. The Morgan fingerprint density at radius 1 is 1.06 bits per heavy atom. The van der Waals surface area contributed by atoms with Crippen LogP contribution in [0.2, 0.25) is 0 Å². The zero-order valence-electron chi connectivity index (χ0n) is 21.8. The van der Waals surface area contributed by atoms with Crippen molar-refractivity contribution in [2.45, 2.75) is 25.2 Å². The molecule has 0 heterocycles. The summed E-state index contributed by atoms with van der Waals surface area (Å²) in [5.74, 6) is 0.240. The normalized spacial score (nSPS) is 13.9. The van der Waals surface area contributed by atoms with Gasteiger partial charge in [0.1, 0.15) is 19.2 Å². The van der Waals surface area contributed by atoms with Gasteiger partial charge in [0.15, 0.2) is 4.93 Å². The van der Waals surface area contributed by atoms with Crippen molar-refractivity contribution in [3.05, 3.63) is 36.1 Å². The maximum atomic E-state index is 12.5. The van der Waals surface area contributed by atoms with E-state index in [0.717, 1.165) is 6.42 Å². The summed E-state index contributed by atoms with van der Waals surface area (Å²) in [6.45, 7) is 11.9. The molecule has 210 valence electrons.